The third-order valence-electron chi connectivity index (χ3n) is 7.54. The maximum absolute atomic E-state index is 12.8. The van der Waals surface area contributed by atoms with Crippen molar-refractivity contribution in [1.29, 1.82) is 5.26 Å². The Morgan fingerprint density at radius 1 is 1.08 bits per heavy atom. The number of nitrogens with one attached hydrogen (secondary N) is 1. The molecule has 2 aromatic carbocycles. The highest BCUT2D eigenvalue weighted by Crippen LogP contribution is 2.28. The topological polar surface area (TPSA) is 112 Å². The Kier molecular flexibility index (Phi) is 8.52. The van der Waals surface area contributed by atoms with Gasteiger partial charge in [-0.3, -0.25) is 14.9 Å². The second-order valence-corrected chi connectivity index (χ2v) is 11.2. The Morgan fingerprint density at radius 3 is 2.32 bits per heavy atom. The Hall–Kier alpha value is -3.64. The molecule has 2 aliphatic rings. The van der Waals surface area contributed by atoms with Gasteiger partial charge in [0.25, 0.3) is 5.69 Å². The second-order valence-electron chi connectivity index (χ2n) is 11.2. The molecule has 0 spiro atoms. The Balaban J connectivity index is 1.18. The molecule has 0 bridgehead atoms. The van der Waals surface area contributed by atoms with Crippen LogP contribution in [-0.2, 0) is 14.9 Å². The van der Waals surface area contributed by atoms with Crippen LogP contribution in [0.25, 0.3) is 0 Å². The number of benzene rings is 2. The van der Waals surface area contributed by atoms with Gasteiger partial charge in [0.2, 0.25) is 5.91 Å². The summed E-state index contributed by atoms with van der Waals surface area (Å²) >= 11 is 0. The number of piperazine rings is 1. The number of nitro benzene ring substituents is 1. The largest absolute Gasteiger partial charge is 0.381 e. The van der Waals surface area contributed by atoms with Crippen LogP contribution in [0.4, 0.5) is 17.1 Å². The molecule has 1 aliphatic carbocycles. The number of nitro groups is 1. The molecule has 2 fully saturated rings. The Bertz CT molecular complexity index is 1170. The van der Waals surface area contributed by atoms with Crippen molar-refractivity contribution in [3.8, 4) is 6.07 Å². The third-order valence-corrected chi connectivity index (χ3v) is 7.54. The minimum atomic E-state index is -0.500. The quantitative estimate of drug-likeness (QED) is 0.411. The van der Waals surface area contributed by atoms with E-state index in [2.05, 4.69) is 55.3 Å². The predicted molar refractivity (Wildman–Crippen MR) is 147 cm³/mol. The van der Waals surface area contributed by atoms with Gasteiger partial charge >= 0.3 is 0 Å². The lowest BCUT2D eigenvalue weighted by molar-refractivity contribution is -0.384. The molecule has 0 radical (unpaired) electrons. The number of ether oxygens (including phenoxy) is 1. The van der Waals surface area contributed by atoms with Gasteiger partial charge in [-0.1, -0.05) is 32.9 Å². The molecule has 202 valence electrons. The summed E-state index contributed by atoms with van der Waals surface area (Å²) in [6, 6.07) is 15.2. The summed E-state index contributed by atoms with van der Waals surface area (Å²) < 4.78 is 5.98. The smallest absolute Gasteiger partial charge is 0.270 e. The molecule has 1 amide bonds. The summed E-state index contributed by atoms with van der Waals surface area (Å²) in [6.45, 7) is 9.74. The first kappa shape index (κ1) is 27.4. The van der Waals surface area contributed by atoms with Crippen LogP contribution in [0.1, 0.15) is 57.6 Å². The molecule has 1 saturated heterocycles. The molecule has 1 heterocycles. The first-order chi connectivity index (χ1) is 18.1. The molecule has 1 saturated carbocycles. The molecule has 0 aromatic heterocycles. The number of hydrogen-bond donors (Lipinski definition) is 1. The van der Waals surface area contributed by atoms with Gasteiger partial charge in [0.1, 0.15) is 12.7 Å². The number of hydrogen-bond acceptors (Lipinski definition) is 7. The van der Waals surface area contributed by atoms with Crippen LogP contribution < -0.4 is 10.2 Å². The second kappa shape index (κ2) is 11.8. The van der Waals surface area contributed by atoms with Crippen LogP contribution in [0.2, 0.25) is 0 Å². The van der Waals surface area contributed by atoms with Gasteiger partial charge in [-0.25, -0.2) is 0 Å². The minimum Gasteiger partial charge on any atom is -0.381 e. The zero-order valence-corrected chi connectivity index (χ0v) is 22.5. The first-order valence-corrected chi connectivity index (χ1v) is 13.3. The fourth-order valence-corrected chi connectivity index (χ4v) is 5.12. The summed E-state index contributed by atoms with van der Waals surface area (Å²) in [7, 11) is 0. The van der Waals surface area contributed by atoms with E-state index in [0.717, 1.165) is 38.8 Å². The highest BCUT2D eigenvalue weighted by Gasteiger charge is 2.26. The number of anilines is 2. The molecule has 0 atom stereocenters. The standard InChI is InChI=1S/C29H37N5O4/c1-29(2,3)22-4-8-24(9-5-22)32-14-16-33(17-15-32)28(35)20-38-26-11-6-23(7-12-26)31-27-13-10-25(34(36)37)18-21(27)19-30/h4-5,8-10,13,18,23,26,31H,6-7,11-12,14-17,20H2,1-3H3/t23-,26-. The average molecular weight is 520 g/mol. The summed E-state index contributed by atoms with van der Waals surface area (Å²) in [5, 5.41) is 23.7. The van der Waals surface area contributed by atoms with E-state index in [1.54, 1.807) is 6.07 Å². The molecule has 38 heavy (non-hydrogen) atoms. The zero-order chi connectivity index (χ0) is 27.3. The lowest BCUT2D eigenvalue weighted by atomic mass is 9.87. The van der Waals surface area contributed by atoms with E-state index in [4.69, 9.17) is 4.74 Å². The van der Waals surface area contributed by atoms with Gasteiger partial charge in [0, 0.05) is 50.0 Å². The molecule has 9 nitrogen and oxygen atoms in total. The van der Waals surface area contributed by atoms with Crippen LogP contribution in [0.3, 0.4) is 0 Å². The predicted octanol–water partition coefficient (Wildman–Crippen LogP) is 4.85. The number of non-ortho nitro benzene ring substituents is 1. The maximum Gasteiger partial charge on any atom is 0.270 e. The Labute approximate surface area is 224 Å². The van der Waals surface area contributed by atoms with Gasteiger partial charge in [0.05, 0.1) is 22.3 Å². The highest BCUT2D eigenvalue weighted by molar-refractivity contribution is 5.77. The molecule has 2 aromatic rings. The number of carbonyl (C=O) groups is 1. The zero-order valence-electron chi connectivity index (χ0n) is 22.5. The van der Waals surface area contributed by atoms with E-state index in [9.17, 15) is 20.2 Å². The van der Waals surface area contributed by atoms with Crippen molar-refractivity contribution in [3.05, 3.63) is 63.7 Å². The fraction of sp³-hybridized carbons (Fsp3) is 0.517. The van der Waals surface area contributed by atoms with E-state index >= 15 is 0 Å². The lowest BCUT2D eigenvalue weighted by Crippen LogP contribution is -2.50. The van der Waals surface area contributed by atoms with Crippen LogP contribution in [0.15, 0.2) is 42.5 Å². The van der Waals surface area contributed by atoms with Gasteiger partial charge in [-0.15, -0.1) is 0 Å². The monoisotopic (exact) mass is 519 g/mol. The molecular weight excluding hydrogens is 482 g/mol. The number of nitriles is 1. The van der Waals surface area contributed by atoms with Crippen molar-refractivity contribution in [3.63, 3.8) is 0 Å². The normalized spacial score (nSPS) is 20.1. The van der Waals surface area contributed by atoms with E-state index in [0.29, 0.717) is 18.8 Å². The Morgan fingerprint density at radius 2 is 1.74 bits per heavy atom. The van der Waals surface area contributed by atoms with Crippen LogP contribution in [0.5, 0.6) is 0 Å². The molecular formula is C29H37N5O4. The van der Waals surface area contributed by atoms with Gasteiger partial charge < -0.3 is 19.9 Å². The van der Waals surface area contributed by atoms with Crippen molar-refractivity contribution < 1.29 is 14.5 Å². The summed E-state index contributed by atoms with van der Waals surface area (Å²) in [6.07, 6.45) is 3.35. The summed E-state index contributed by atoms with van der Waals surface area (Å²) in [4.78, 5) is 27.5. The molecule has 4 rings (SSSR count). The van der Waals surface area contributed by atoms with Gasteiger partial charge in [-0.2, -0.15) is 5.26 Å². The first-order valence-electron chi connectivity index (χ1n) is 13.3. The van der Waals surface area contributed by atoms with E-state index in [1.165, 1.54) is 23.4 Å². The van der Waals surface area contributed by atoms with Crippen LogP contribution in [0, 0.1) is 21.4 Å². The van der Waals surface area contributed by atoms with E-state index in [-0.39, 0.29) is 41.3 Å². The van der Waals surface area contributed by atoms with Crippen molar-refractivity contribution in [2.24, 2.45) is 0 Å². The van der Waals surface area contributed by atoms with Gasteiger partial charge in [0.15, 0.2) is 0 Å². The number of rotatable bonds is 7. The summed E-state index contributed by atoms with van der Waals surface area (Å²) in [5.41, 5.74) is 3.43. The summed E-state index contributed by atoms with van der Waals surface area (Å²) in [5.74, 6) is 0.0394. The van der Waals surface area contributed by atoms with E-state index < -0.39 is 4.92 Å². The van der Waals surface area contributed by atoms with Crippen LogP contribution >= 0.6 is 0 Å². The molecule has 0 unspecified atom stereocenters. The average Bonchev–Trinajstić information content (AvgIpc) is 2.92. The molecule has 9 heteroatoms. The van der Waals surface area contributed by atoms with Crippen LogP contribution in [-0.4, -0.2) is 60.7 Å². The SMILES string of the molecule is CC(C)(C)c1ccc(N2CCN(C(=O)CO[C@H]3CC[C@H](Nc4ccc([N+](=O)[O-])cc4C#N)CC3)CC2)cc1. The fourth-order valence-electron chi connectivity index (χ4n) is 5.12. The number of amides is 1. The third kappa shape index (κ3) is 6.81. The minimum absolute atomic E-state index is 0.0342. The van der Waals surface area contributed by atoms with Crippen molar-refractivity contribution in [2.75, 3.05) is 43.0 Å². The van der Waals surface area contributed by atoms with Crippen molar-refractivity contribution in [2.45, 2.75) is 64.0 Å². The molecule has 1 N–H and O–H groups in total. The maximum atomic E-state index is 12.8. The van der Waals surface area contributed by atoms with Crippen molar-refractivity contribution >= 4 is 23.0 Å². The van der Waals surface area contributed by atoms with Gasteiger partial charge in [-0.05, 0) is 54.9 Å². The van der Waals surface area contributed by atoms with Crippen molar-refractivity contribution in [1.82, 2.24) is 4.90 Å². The lowest BCUT2D eigenvalue weighted by Gasteiger charge is -2.37. The number of nitrogens with zero attached hydrogens (tertiary/aromatic N) is 4. The molecule has 1 aliphatic heterocycles. The number of carbonyl (C=O) groups excluding carboxylic acids is 1. The van der Waals surface area contributed by atoms with E-state index in [1.807, 2.05) is 11.0 Å². The highest BCUT2D eigenvalue weighted by atomic mass is 16.6.